The highest BCUT2D eigenvalue weighted by Gasteiger charge is 2.48. The number of para-hydroxylation sites is 1. The molecule has 0 radical (unpaired) electrons. The zero-order valence-electron chi connectivity index (χ0n) is 27.5. The van der Waals surface area contributed by atoms with Crippen LogP contribution in [0.3, 0.4) is 0 Å². The number of aliphatic carboxylic acids is 1. The summed E-state index contributed by atoms with van der Waals surface area (Å²) in [6.45, 7) is 8.08. The minimum absolute atomic E-state index is 0.0250. The lowest BCUT2D eigenvalue weighted by atomic mass is 9.99. The second-order valence-electron chi connectivity index (χ2n) is 12.2. The molecule has 262 valence electrons. The Morgan fingerprint density at radius 2 is 1.47 bits per heavy atom. The van der Waals surface area contributed by atoms with Gasteiger partial charge in [-0.1, -0.05) is 6.07 Å². The molecule has 2 heterocycles. The lowest BCUT2D eigenvalue weighted by Crippen LogP contribution is -2.61. The molecule has 5 atom stereocenters. The SMILES string of the molecule is COc1ccc(C(=O)Nc2cccc(O[C@@H]3O[C@H](C(=O)O)[C@@H](O)[C@H](O)[C@H]3O)c2NC(=O)c2ccc(N3CCCN(C(C)C)CC3)cc2)cc1. The summed E-state index contributed by atoms with van der Waals surface area (Å²) >= 11 is 0. The average Bonchev–Trinajstić information content (AvgIpc) is 3.36. The second-order valence-corrected chi connectivity index (χ2v) is 12.2. The number of hydrogen-bond donors (Lipinski definition) is 6. The molecule has 0 unspecified atom stereocenters. The highest BCUT2D eigenvalue weighted by atomic mass is 16.7. The van der Waals surface area contributed by atoms with E-state index in [1.165, 1.54) is 25.3 Å². The molecule has 0 bridgehead atoms. The van der Waals surface area contributed by atoms with Gasteiger partial charge in [-0.2, -0.15) is 0 Å². The van der Waals surface area contributed by atoms with E-state index in [4.69, 9.17) is 14.2 Å². The summed E-state index contributed by atoms with van der Waals surface area (Å²) in [7, 11) is 1.50. The van der Waals surface area contributed by atoms with Gasteiger partial charge >= 0.3 is 5.97 Å². The molecule has 2 aliphatic heterocycles. The van der Waals surface area contributed by atoms with E-state index < -0.39 is 48.5 Å². The Morgan fingerprint density at radius 1 is 0.816 bits per heavy atom. The van der Waals surface area contributed by atoms with E-state index in [9.17, 15) is 34.8 Å². The first-order valence-electron chi connectivity index (χ1n) is 16.0. The average molecular weight is 679 g/mol. The van der Waals surface area contributed by atoms with Crippen LogP contribution >= 0.6 is 0 Å². The second kappa shape index (κ2) is 15.7. The first-order valence-corrected chi connectivity index (χ1v) is 16.0. The fourth-order valence-electron chi connectivity index (χ4n) is 5.80. The molecule has 0 saturated carbocycles. The highest BCUT2D eigenvalue weighted by molar-refractivity contribution is 6.11. The number of anilines is 3. The monoisotopic (exact) mass is 678 g/mol. The van der Waals surface area contributed by atoms with E-state index in [2.05, 4.69) is 34.3 Å². The van der Waals surface area contributed by atoms with Crippen LogP contribution in [0, 0.1) is 0 Å². The van der Waals surface area contributed by atoms with E-state index in [1.54, 1.807) is 36.4 Å². The molecule has 14 heteroatoms. The van der Waals surface area contributed by atoms with Crippen molar-refractivity contribution in [2.45, 2.75) is 57.0 Å². The van der Waals surface area contributed by atoms with E-state index in [0.717, 1.165) is 38.3 Å². The van der Waals surface area contributed by atoms with Crippen molar-refractivity contribution in [3.05, 3.63) is 77.9 Å². The zero-order chi connectivity index (χ0) is 35.2. The molecular weight excluding hydrogens is 636 g/mol. The van der Waals surface area contributed by atoms with Gasteiger partial charge in [-0.25, -0.2) is 4.79 Å². The summed E-state index contributed by atoms with van der Waals surface area (Å²) in [5.74, 6) is -2.22. The number of rotatable bonds is 10. The Morgan fingerprint density at radius 3 is 2.10 bits per heavy atom. The van der Waals surface area contributed by atoms with Gasteiger partial charge in [0.05, 0.1) is 12.8 Å². The van der Waals surface area contributed by atoms with Gasteiger partial charge in [-0.05, 0) is 80.9 Å². The van der Waals surface area contributed by atoms with Crippen molar-refractivity contribution >= 4 is 34.8 Å². The number of nitrogens with zero attached hydrogens (tertiary/aromatic N) is 2. The number of aliphatic hydroxyl groups is 3. The van der Waals surface area contributed by atoms with Crippen molar-refractivity contribution in [1.29, 1.82) is 0 Å². The number of carbonyl (C=O) groups is 3. The van der Waals surface area contributed by atoms with Gasteiger partial charge in [0.25, 0.3) is 11.8 Å². The van der Waals surface area contributed by atoms with Crippen molar-refractivity contribution in [2.75, 3.05) is 48.8 Å². The number of nitrogens with one attached hydrogen (secondary N) is 2. The lowest BCUT2D eigenvalue weighted by Gasteiger charge is -2.38. The van der Waals surface area contributed by atoms with Gasteiger partial charge in [-0.15, -0.1) is 0 Å². The summed E-state index contributed by atoms with van der Waals surface area (Å²) in [5, 5.41) is 46.0. The van der Waals surface area contributed by atoms with Crippen molar-refractivity contribution in [3.63, 3.8) is 0 Å². The van der Waals surface area contributed by atoms with Crippen molar-refractivity contribution in [2.24, 2.45) is 0 Å². The Balaban J connectivity index is 1.41. The maximum absolute atomic E-state index is 13.7. The van der Waals surface area contributed by atoms with Crippen LogP contribution in [0.4, 0.5) is 17.1 Å². The quantitative estimate of drug-likeness (QED) is 0.184. The third-order valence-electron chi connectivity index (χ3n) is 8.68. The topological polar surface area (TPSA) is 190 Å². The molecule has 0 aliphatic carbocycles. The number of benzene rings is 3. The van der Waals surface area contributed by atoms with Crippen molar-refractivity contribution in [1.82, 2.24) is 4.90 Å². The Labute approximate surface area is 283 Å². The van der Waals surface area contributed by atoms with Crippen LogP contribution in [0.2, 0.25) is 0 Å². The third-order valence-corrected chi connectivity index (χ3v) is 8.68. The van der Waals surface area contributed by atoms with E-state index in [1.807, 2.05) is 12.1 Å². The van der Waals surface area contributed by atoms with Crippen molar-refractivity contribution < 1.29 is 49.0 Å². The maximum atomic E-state index is 13.7. The van der Waals surface area contributed by atoms with E-state index in [0.29, 0.717) is 17.4 Å². The van der Waals surface area contributed by atoms with Crippen LogP contribution in [0.1, 0.15) is 41.0 Å². The number of ether oxygens (including phenoxy) is 3. The van der Waals surface area contributed by atoms with Gasteiger partial charge < -0.3 is 50.2 Å². The maximum Gasteiger partial charge on any atom is 0.335 e. The fraction of sp³-hybridized carbons (Fsp3) is 0.400. The Hall–Kier alpha value is -4.73. The number of aliphatic hydroxyl groups excluding tert-OH is 3. The van der Waals surface area contributed by atoms with E-state index in [-0.39, 0.29) is 22.7 Å². The van der Waals surface area contributed by atoms with Crippen molar-refractivity contribution in [3.8, 4) is 11.5 Å². The van der Waals surface area contributed by atoms with Gasteiger partial charge in [0.2, 0.25) is 6.29 Å². The molecule has 2 saturated heterocycles. The normalized spacial score (nSPS) is 23.0. The highest BCUT2D eigenvalue weighted by Crippen LogP contribution is 2.36. The molecule has 0 aromatic heterocycles. The predicted molar refractivity (Wildman–Crippen MR) is 180 cm³/mol. The van der Waals surface area contributed by atoms with Gasteiger partial charge in [0.1, 0.15) is 35.5 Å². The summed E-state index contributed by atoms with van der Waals surface area (Å²) in [6, 6.07) is 18.4. The fourth-order valence-corrected chi connectivity index (χ4v) is 5.80. The molecule has 2 aliphatic rings. The number of carbonyl (C=O) groups excluding carboxylic acids is 2. The molecule has 5 rings (SSSR count). The van der Waals surface area contributed by atoms with Crippen LogP contribution in [-0.4, -0.2) is 113 Å². The zero-order valence-corrected chi connectivity index (χ0v) is 27.5. The predicted octanol–water partition coefficient (Wildman–Crippen LogP) is 2.39. The standard InChI is InChI=1S/C35H42N4O10/c1-20(2)38-16-5-17-39(19-18-38)23-12-8-21(9-13-23)33(44)37-27-25(36-32(43)22-10-14-24(47-3)15-11-22)6-4-7-26(27)48-35-30(42)28(40)29(41)31(49-35)34(45)46/h4,6-15,20,28-31,35,40-42H,5,16-19H2,1-3H3,(H,36,43)(H,37,44)(H,45,46)/t28-,29-,30+,31-,35+/m0/s1. The Kier molecular flexibility index (Phi) is 11.4. The van der Waals surface area contributed by atoms with Gasteiger partial charge in [0.15, 0.2) is 6.10 Å². The lowest BCUT2D eigenvalue weighted by molar-refractivity contribution is -0.271. The summed E-state index contributed by atoms with van der Waals surface area (Å²) < 4.78 is 16.3. The van der Waals surface area contributed by atoms with Crippen LogP contribution < -0.4 is 25.0 Å². The van der Waals surface area contributed by atoms with Gasteiger partial charge in [-0.3, -0.25) is 14.5 Å². The Bertz CT molecular complexity index is 1620. The largest absolute Gasteiger partial charge is 0.497 e. The molecule has 3 aromatic carbocycles. The van der Waals surface area contributed by atoms with Gasteiger partial charge in [0, 0.05) is 49.0 Å². The number of carboxylic acid groups (broad SMARTS) is 1. The minimum atomic E-state index is -1.92. The summed E-state index contributed by atoms with van der Waals surface area (Å²) in [4.78, 5) is 43.3. The molecule has 2 fully saturated rings. The first kappa shape index (κ1) is 35.6. The molecular formula is C35H42N4O10. The number of amides is 2. The molecule has 2 amide bonds. The van der Waals surface area contributed by atoms with Crippen LogP contribution in [0.5, 0.6) is 11.5 Å². The molecule has 6 N–H and O–H groups in total. The first-order chi connectivity index (χ1) is 23.5. The smallest absolute Gasteiger partial charge is 0.335 e. The van der Waals surface area contributed by atoms with Crippen LogP contribution in [-0.2, 0) is 9.53 Å². The number of hydrogen-bond acceptors (Lipinski definition) is 11. The summed E-state index contributed by atoms with van der Waals surface area (Å²) in [5.41, 5.74) is 1.67. The minimum Gasteiger partial charge on any atom is -0.497 e. The molecule has 14 nitrogen and oxygen atoms in total. The third kappa shape index (κ3) is 8.29. The summed E-state index contributed by atoms with van der Waals surface area (Å²) in [6.07, 6.45) is -8.34. The number of carboxylic acids is 1. The molecule has 0 spiro atoms. The number of methoxy groups -OCH3 is 1. The van der Waals surface area contributed by atoms with E-state index >= 15 is 0 Å². The molecule has 49 heavy (non-hydrogen) atoms. The van der Waals surface area contributed by atoms with Crippen LogP contribution in [0.15, 0.2) is 66.7 Å². The molecule has 3 aromatic rings. The van der Waals surface area contributed by atoms with Crippen LogP contribution in [0.25, 0.3) is 0 Å².